The first-order valence-electron chi connectivity index (χ1n) is 18.8. The van der Waals surface area contributed by atoms with Crippen molar-refractivity contribution in [3.8, 4) is 51.0 Å². The molecule has 286 valence electrons. The van der Waals surface area contributed by atoms with Crippen LogP contribution in [-0.4, -0.2) is 30.0 Å². The molecule has 8 rings (SSSR count). The molecule has 0 unspecified atom stereocenters. The average molecular weight is 927 g/mol. The Bertz CT molecular complexity index is 2680. The van der Waals surface area contributed by atoms with Gasteiger partial charge in [0.1, 0.15) is 11.6 Å². The third kappa shape index (κ3) is 8.12. The predicted octanol–water partition coefficient (Wildman–Crippen LogP) is 12.1. The summed E-state index contributed by atoms with van der Waals surface area (Å²) in [6.45, 7) is 12.8. The van der Waals surface area contributed by atoms with E-state index in [4.69, 9.17) is 19.9 Å². The molecule has 0 aliphatic carbocycles. The number of benzene rings is 5. The van der Waals surface area contributed by atoms with Crippen molar-refractivity contribution in [3.63, 3.8) is 0 Å². The molecule has 0 bridgehead atoms. The van der Waals surface area contributed by atoms with Crippen molar-refractivity contribution in [1.29, 1.82) is 0 Å². The first kappa shape index (κ1) is 39.2. The summed E-state index contributed by atoms with van der Waals surface area (Å²) >= 11 is 0. The second-order valence-corrected chi connectivity index (χ2v) is 16.0. The van der Waals surface area contributed by atoms with Crippen molar-refractivity contribution < 1.29 is 26.2 Å². The smallest absolute Gasteiger partial charge is 0.158 e. The first-order chi connectivity index (χ1) is 26.9. The van der Waals surface area contributed by atoms with Gasteiger partial charge in [0.25, 0.3) is 0 Å². The van der Waals surface area contributed by atoms with Crippen LogP contribution in [0.15, 0.2) is 146 Å². The fourth-order valence-electron chi connectivity index (χ4n) is 6.90. The molecule has 3 aromatic heterocycles. The van der Waals surface area contributed by atoms with Gasteiger partial charge in [0.2, 0.25) is 0 Å². The molecule has 1 N–H and O–H groups in total. The van der Waals surface area contributed by atoms with Gasteiger partial charge >= 0.3 is 0 Å². The monoisotopic (exact) mass is 926 g/mol. The number of hydrogen-bond acceptors (Lipinski definition) is 7. The van der Waals surface area contributed by atoms with E-state index >= 15 is 0 Å². The number of hydrogen-bond donors (Lipinski definition) is 1. The summed E-state index contributed by atoms with van der Waals surface area (Å²) < 4.78 is 0. The summed E-state index contributed by atoms with van der Waals surface area (Å²) in [4.78, 5) is 26.4. The van der Waals surface area contributed by atoms with Gasteiger partial charge in [-0.25, -0.2) is 9.97 Å². The number of phenolic OH excluding ortho intramolecular Hbond substituents is 1. The summed E-state index contributed by atoms with van der Waals surface area (Å²) in [6.07, 6.45) is 5.43. The normalized spacial score (nSPS) is 11.6. The van der Waals surface area contributed by atoms with E-state index < -0.39 is 0 Å². The van der Waals surface area contributed by atoms with Crippen molar-refractivity contribution in [3.05, 3.63) is 163 Å². The Hall–Kier alpha value is -6.04. The third-order valence-electron chi connectivity index (χ3n) is 9.95. The molecule has 0 aliphatic rings. The van der Waals surface area contributed by atoms with Crippen LogP contribution in [0.1, 0.15) is 52.7 Å². The van der Waals surface area contributed by atoms with Gasteiger partial charge in [0, 0.05) is 56.2 Å². The van der Waals surface area contributed by atoms with Crippen LogP contribution in [-0.2, 0) is 31.9 Å². The van der Waals surface area contributed by atoms with Crippen molar-refractivity contribution in [2.24, 2.45) is 0 Å². The molecule has 0 saturated carbocycles. The van der Waals surface area contributed by atoms with Gasteiger partial charge in [0.15, 0.2) is 11.6 Å². The summed E-state index contributed by atoms with van der Waals surface area (Å²) in [7, 11) is 0. The van der Waals surface area contributed by atoms with E-state index in [1.165, 1.54) is 0 Å². The molecule has 0 radical (unpaired) electrons. The van der Waals surface area contributed by atoms with Gasteiger partial charge in [-0.2, -0.15) is 0 Å². The molecule has 0 atom stereocenters. The fraction of sp³-hybridized carbons (Fsp3) is 0.163. The van der Waals surface area contributed by atoms with Crippen LogP contribution in [0.5, 0.6) is 5.75 Å². The van der Waals surface area contributed by atoms with Gasteiger partial charge in [-0.15, -0.1) is 29.8 Å². The van der Waals surface area contributed by atoms with Crippen LogP contribution >= 0.6 is 0 Å². The number of nitrogens with zero attached hydrogens (tertiary/aromatic N) is 6. The molecule has 8 aromatic rings. The third-order valence-corrected chi connectivity index (χ3v) is 9.95. The number of fused-ring (bicyclic) bond motifs is 1. The number of rotatable bonds is 7. The van der Waals surface area contributed by atoms with E-state index in [2.05, 4.69) is 106 Å². The standard InChI is InChI=1S/C49H43N6O.Pt/c1-48(2,3)37-30-40(44(56)41(31-37)49(4,5)6)47-53-45(34-15-8-7-9-16-34)52-46(54-47)36-18-12-19-38(28-36)55(42-21-13-17-33-14-10-11-20-39(33)42)43-29-35(24-27-51-43)32-22-25-50-26-23-32;/h7-27,29-31,56H,1-6H3;/q-1;. The Labute approximate surface area is 348 Å². The van der Waals surface area contributed by atoms with Gasteiger partial charge in [-0.3, -0.25) is 15.0 Å². The van der Waals surface area contributed by atoms with Crippen LogP contribution in [0.3, 0.4) is 0 Å². The quantitative estimate of drug-likeness (QED) is 0.159. The Kier molecular flexibility index (Phi) is 10.9. The molecular weight excluding hydrogens is 884 g/mol. The average Bonchev–Trinajstić information content (AvgIpc) is 3.21. The van der Waals surface area contributed by atoms with Gasteiger partial charge in [0.05, 0.1) is 17.1 Å². The topological polar surface area (TPSA) is 87.9 Å². The molecule has 0 amide bonds. The van der Waals surface area contributed by atoms with Crippen molar-refractivity contribution >= 4 is 28.0 Å². The maximum atomic E-state index is 11.9. The summed E-state index contributed by atoms with van der Waals surface area (Å²) in [5.41, 5.74) is 7.25. The second-order valence-electron chi connectivity index (χ2n) is 16.0. The van der Waals surface area contributed by atoms with Crippen LogP contribution in [0.2, 0.25) is 0 Å². The van der Waals surface area contributed by atoms with E-state index in [0.717, 1.165) is 55.8 Å². The second kappa shape index (κ2) is 15.8. The fourth-order valence-corrected chi connectivity index (χ4v) is 6.90. The Balaban J connectivity index is 0.00000496. The largest absolute Gasteiger partial charge is 0.507 e. The molecule has 0 saturated heterocycles. The van der Waals surface area contributed by atoms with Gasteiger partial charge in [-0.1, -0.05) is 114 Å². The number of aromatic hydroxyl groups is 1. The molecule has 0 fully saturated rings. The molecule has 3 heterocycles. The summed E-state index contributed by atoms with van der Waals surface area (Å²) in [6, 6.07) is 46.4. The summed E-state index contributed by atoms with van der Waals surface area (Å²) in [5.74, 6) is 2.22. The maximum Gasteiger partial charge on any atom is 0.158 e. The van der Waals surface area contributed by atoms with Crippen LogP contribution in [0.4, 0.5) is 17.2 Å². The Morgan fingerprint density at radius 1 is 0.579 bits per heavy atom. The van der Waals surface area contributed by atoms with Crippen molar-refractivity contribution in [2.45, 2.75) is 52.4 Å². The van der Waals surface area contributed by atoms with Crippen molar-refractivity contribution in [2.75, 3.05) is 4.90 Å². The number of anilines is 3. The number of phenols is 1. The van der Waals surface area contributed by atoms with Crippen LogP contribution in [0.25, 0.3) is 56.1 Å². The molecule has 7 nitrogen and oxygen atoms in total. The molecule has 0 spiro atoms. The SMILES string of the molecule is CC(C)(C)c1cc(-c2nc(-c3[c-]c(N(c4cc(-c5ccncc5)ccn4)c4cccc5ccccc45)ccc3)nc(-c3ccccc3)n2)c(O)c(C(C)(C)C)c1.[Pt]. The Morgan fingerprint density at radius 2 is 1.25 bits per heavy atom. The summed E-state index contributed by atoms with van der Waals surface area (Å²) in [5, 5.41) is 14.1. The first-order valence-corrected chi connectivity index (χ1v) is 18.8. The minimum Gasteiger partial charge on any atom is -0.507 e. The van der Waals surface area contributed by atoms with E-state index in [0.29, 0.717) is 28.6 Å². The minimum atomic E-state index is -0.325. The Morgan fingerprint density at radius 3 is 2.00 bits per heavy atom. The van der Waals surface area contributed by atoms with E-state index in [1.54, 1.807) is 12.4 Å². The van der Waals surface area contributed by atoms with E-state index in [-0.39, 0.29) is 37.6 Å². The molecule has 57 heavy (non-hydrogen) atoms. The zero-order chi connectivity index (χ0) is 39.0. The zero-order valence-corrected chi connectivity index (χ0v) is 35.1. The van der Waals surface area contributed by atoms with Gasteiger partial charge < -0.3 is 10.0 Å². The van der Waals surface area contributed by atoms with E-state index in [1.807, 2.05) is 85.1 Å². The van der Waals surface area contributed by atoms with Crippen LogP contribution < -0.4 is 4.90 Å². The molecule has 8 heteroatoms. The van der Waals surface area contributed by atoms with Crippen LogP contribution in [0, 0.1) is 6.07 Å². The molecule has 5 aromatic carbocycles. The van der Waals surface area contributed by atoms with Gasteiger partial charge in [-0.05, 0) is 75.0 Å². The maximum absolute atomic E-state index is 11.9. The molecular formula is C49H43N6OPt-. The predicted molar refractivity (Wildman–Crippen MR) is 227 cm³/mol. The number of pyridine rings is 2. The minimum absolute atomic E-state index is 0. The van der Waals surface area contributed by atoms with E-state index in [9.17, 15) is 5.11 Å². The zero-order valence-electron chi connectivity index (χ0n) is 32.8. The number of aromatic nitrogens is 5. The van der Waals surface area contributed by atoms with Crippen molar-refractivity contribution in [1.82, 2.24) is 24.9 Å². The molecule has 0 aliphatic heterocycles.